The summed E-state index contributed by atoms with van der Waals surface area (Å²) in [4.78, 5) is 28.1. The van der Waals surface area contributed by atoms with Gasteiger partial charge in [-0.15, -0.1) is 10.2 Å². The van der Waals surface area contributed by atoms with Gasteiger partial charge in [-0.3, -0.25) is 9.59 Å². The molecule has 0 radical (unpaired) electrons. The highest BCUT2D eigenvalue weighted by Gasteiger charge is 2.45. The number of carbonyl (C=O) groups is 1. The van der Waals surface area contributed by atoms with Gasteiger partial charge in [0, 0.05) is 31.8 Å². The molecule has 178 valence electrons. The van der Waals surface area contributed by atoms with E-state index in [-0.39, 0.29) is 34.3 Å². The van der Waals surface area contributed by atoms with Crippen molar-refractivity contribution in [2.75, 3.05) is 13.2 Å². The number of rotatable bonds is 4. The minimum absolute atomic E-state index is 0.0573. The fraction of sp³-hybridized carbons (Fsp3) is 0.391. The van der Waals surface area contributed by atoms with Crippen LogP contribution in [0.4, 0.5) is 8.78 Å². The zero-order valence-corrected chi connectivity index (χ0v) is 19.4. The van der Waals surface area contributed by atoms with E-state index in [0.717, 1.165) is 23.5 Å². The number of benzene rings is 1. The lowest BCUT2D eigenvalue weighted by Crippen LogP contribution is -2.59. The molecule has 1 atom stereocenters. The highest BCUT2D eigenvalue weighted by Crippen LogP contribution is 2.35. The first-order valence-corrected chi connectivity index (χ1v) is 11.6. The third kappa shape index (κ3) is 3.78. The Bertz CT molecular complexity index is 1350. The summed E-state index contributed by atoms with van der Waals surface area (Å²) in [5.74, 6) is -2.42. The minimum Gasteiger partial charge on any atom is -0.503 e. The Hall–Kier alpha value is -3.18. The van der Waals surface area contributed by atoms with E-state index < -0.39 is 34.3 Å². The van der Waals surface area contributed by atoms with E-state index >= 15 is 0 Å². The molecule has 1 N–H and O–H groups in total. The summed E-state index contributed by atoms with van der Waals surface area (Å²) in [7, 11) is 0. The summed E-state index contributed by atoms with van der Waals surface area (Å²) >= 11 is 1.07. The molecule has 1 saturated heterocycles. The maximum Gasteiger partial charge on any atom is 0.275 e. The second-order valence-electron chi connectivity index (χ2n) is 9.12. The van der Waals surface area contributed by atoms with Crippen molar-refractivity contribution in [1.29, 1.82) is 0 Å². The van der Waals surface area contributed by atoms with Crippen LogP contribution < -0.4 is 5.43 Å². The summed E-state index contributed by atoms with van der Waals surface area (Å²) in [5, 5.41) is 19.5. The Balaban J connectivity index is 1.50. The molecule has 0 spiro atoms. The van der Waals surface area contributed by atoms with Crippen molar-refractivity contribution in [1.82, 2.24) is 19.7 Å². The molecule has 1 aromatic carbocycles. The molecule has 0 aliphatic carbocycles. The molecule has 0 bridgehead atoms. The predicted molar refractivity (Wildman–Crippen MR) is 120 cm³/mol. The van der Waals surface area contributed by atoms with Crippen LogP contribution in [0.25, 0.3) is 10.6 Å². The standard InChI is InChI=1S/C23H22F2N4O4S/c1-23(2)11-28-9-15(19(30)20(31)18(28)22(32)29(23)14-5-6-33-10-14)21-27-26-17(34-21)7-12-3-4-13(24)8-16(12)25/h3-4,8-9,14,31H,5-7,10-11H2,1-2H3. The quantitative estimate of drug-likeness (QED) is 0.607. The number of hydrogen-bond donors (Lipinski definition) is 1. The van der Waals surface area contributed by atoms with Gasteiger partial charge < -0.3 is 19.3 Å². The van der Waals surface area contributed by atoms with Crippen LogP contribution in [0.2, 0.25) is 0 Å². The van der Waals surface area contributed by atoms with Crippen LogP contribution in [-0.4, -0.2) is 55.5 Å². The van der Waals surface area contributed by atoms with Crippen LogP contribution in [-0.2, 0) is 17.7 Å². The number of aromatic hydroxyl groups is 1. The molecular formula is C23H22F2N4O4S. The van der Waals surface area contributed by atoms with Crippen molar-refractivity contribution < 1.29 is 23.4 Å². The number of carbonyl (C=O) groups excluding carboxylic acids is 1. The molecule has 8 nitrogen and oxygen atoms in total. The van der Waals surface area contributed by atoms with E-state index in [1.807, 2.05) is 13.8 Å². The molecule has 5 rings (SSSR count). The van der Waals surface area contributed by atoms with Crippen molar-refractivity contribution >= 4 is 17.2 Å². The van der Waals surface area contributed by atoms with Crippen LogP contribution in [0, 0.1) is 11.6 Å². The molecule has 1 unspecified atom stereocenters. The first kappa shape index (κ1) is 22.6. The Morgan fingerprint density at radius 1 is 1.26 bits per heavy atom. The molecule has 0 saturated carbocycles. The number of fused-ring (bicyclic) bond motifs is 1. The predicted octanol–water partition coefficient (Wildman–Crippen LogP) is 2.96. The van der Waals surface area contributed by atoms with Crippen molar-refractivity contribution in [3.8, 4) is 16.3 Å². The summed E-state index contributed by atoms with van der Waals surface area (Å²) < 4.78 is 34.2. The summed E-state index contributed by atoms with van der Waals surface area (Å²) in [5.41, 5.74) is -1.01. The Morgan fingerprint density at radius 2 is 2.06 bits per heavy atom. The SMILES string of the molecule is CC1(C)Cn2cc(-c3nnc(Cc4ccc(F)cc4F)s3)c(=O)c(O)c2C(=O)N1C1CCOC1. The lowest BCUT2D eigenvalue weighted by molar-refractivity contribution is 0.0207. The van der Waals surface area contributed by atoms with E-state index in [1.54, 1.807) is 9.47 Å². The minimum atomic E-state index is -0.724. The Morgan fingerprint density at radius 3 is 2.76 bits per heavy atom. The topological polar surface area (TPSA) is 97.6 Å². The first-order valence-electron chi connectivity index (χ1n) is 10.8. The van der Waals surface area contributed by atoms with Gasteiger partial charge in [-0.05, 0) is 31.9 Å². The van der Waals surface area contributed by atoms with Gasteiger partial charge in [0.2, 0.25) is 5.43 Å². The van der Waals surface area contributed by atoms with Gasteiger partial charge in [-0.2, -0.15) is 0 Å². The highest BCUT2D eigenvalue weighted by atomic mass is 32.1. The number of ether oxygens (including phenoxy) is 1. The molecule has 1 fully saturated rings. The fourth-order valence-electron chi connectivity index (χ4n) is 4.68. The average Bonchev–Trinajstić information content (AvgIpc) is 3.44. The largest absolute Gasteiger partial charge is 0.503 e. The second kappa shape index (κ2) is 8.24. The molecule has 34 heavy (non-hydrogen) atoms. The van der Waals surface area contributed by atoms with E-state index in [9.17, 15) is 23.5 Å². The zero-order valence-electron chi connectivity index (χ0n) is 18.5. The van der Waals surface area contributed by atoms with E-state index in [0.29, 0.717) is 31.2 Å². The number of pyridine rings is 1. The molecule has 2 aliphatic heterocycles. The van der Waals surface area contributed by atoms with E-state index in [2.05, 4.69) is 10.2 Å². The fourth-order valence-corrected chi connectivity index (χ4v) is 5.55. The number of nitrogens with zero attached hydrogens (tertiary/aromatic N) is 4. The summed E-state index contributed by atoms with van der Waals surface area (Å²) in [6, 6.07) is 3.17. The molecule has 4 heterocycles. The first-order chi connectivity index (χ1) is 16.2. The normalized spacial score (nSPS) is 19.5. The Labute approximate surface area is 197 Å². The van der Waals surface area contributed by atoms with E-state index in [4.69, 9.17) is 4.74 Å². The molecule has 11 heteroatoms. The second-order valence-corrected chi connectivity index (χ2v) is 10.2. The van der Waals surface area contributed by atoms with E-state index in [1.165, 1.54) is 12.3 Å². The number of halogens is 2. The smallest absolute Gasteiger partial charge is 0.275 e. The van der Waals surface area contributed by atoms with Crippen LogP contribution in [0.3, 0.4) is 0 Å². The molecular weight excluding hydrogens is 466 g/mol. The average molecular weight is 489 g/mol. The highest BCUT2D eigenvalue weighted by molar-refractivity contribution is 7.14. The van der Waals surface area contributed by atoms with Crippen molar-refractivity contribution in [3.05, 3.63) is 62.5 Å². The van der Waals surface area contributed by atoms with Gasteiger partial charge in [0.05, 0.1) is 23.8 Å². The number of amides is 1. The third-order valence-electron chi connectivity index (χ3n) is 6.21. The lowest BCUT2D eigenvalue weighted by atomic mass is 9.94. The van der Waals surface area contributed by atoms with Crippen molar-refractivity contribution in [3.63, 3.8) is 0 Å². The third-order valence-corrected chi connectivity index (χ3v) is 7.17. The van der Waals surface area contributed by atoms with Crippen LogP contribution in [0.5, 0.6) is 5.75 Å². The van der Waals surface area contributed by atoms with Crippen LogP contribution in [0.15, 0.2) is 29.2 Å². The monoisotopic (exact) mass is 488 g/mol. The molecule has 3 aromatic rings. The molecule has 1 amide bonds. The molecule has 2 aromatic heterocycles. The lowest BCUT2D eigenvalue weighted by Gasteiger charge is -2.46. The van der Waals surface area contributed by atoms with Gasteiger partial charge in [0.15, 0.2) is 16.5 Å². The van der Waals surface area contributed by atoms with Gasteiger partial charge in [0.1, 0.15) is 16.6 Å². The van der Waals surface area contributed by atoms with Gasteiger partial charge in [-0.25, -0.2) is 8.78 Å². The van der Waals surface area contributed by atoms with Gasteiger partial charge >= 0.3 is 0 Å². The maximum absolute atomic E-state index is 14.0. The maximum atomic E-state index is 14.0. The number of aromatic nitrogens is 3. The number of hydrogen-bond acceptors (Lipinski definition) is 7. The zero-order chi connectivity index (χ0) is 24.2. The van der Waals surface area contributed by atoms with Crippen molar-refractivity contribution in [2.24, 2.45) is 0 Å². The van der Waals surface area contributed by atoms with Crippen LogP contribution in [0.1, 0.15) is 41.3 Å². The summed E-state index contributed by atoms with van der Waals surface area (Å²) in [6.07, 6.45) is 2.29. The van der Waals surface area contributed by atoms with Gasteiger partial charge in [-0.1, -0.05) is 17.4 Å². The summed E-state index contributed by atoms with van der Waals surface area (Å²) in [6.45, 7) is 5.20. The van der Waals surface area contributed by atoms with Crippen molar-refractivity contribution in [2.45, 2.75) is 44.8 Å². The van der Waals surface area contributed by atoms with Gasteiger partial charge in [0.25, 0.3) is 5.91 Å². The molecule has 2 aliphatic rings. The van der Waals surface area contributed by atoms with Crippen LogP contribution >= 0.6 is 11.3 Å². The Kier molecular flexibility index (Phi) is 5.48.